The van der Waals surface area contributed by atoms with Crippen LogP contribution in [0.1, 0.15) is 17.3 Å². The van der Waals surface area contributed by atoms with E-state index < -0.39 is 10.0 Å². The maximum absolute atomic E-state index is 12.7. The number of hydrogen-bond acceptors (Lipinski definition) is 5. The van der Waals surface area contributed by atoms with Gasteiger partial charge in [-0.2, -0.15) is 0 Å². The summed E-state index contributed by atoms with van der Waals surface area (Å²) in [5.41, 5.74) is 0.318. The Morgan fingerprint density at radius 2 is 2.25 bits per heavy atom. The van der Waals surface area contributed by atoms with Gasteiger partial charge < -0.3 is 14.4 Å². The molecule has 0 radical (unpaired) electrons. The Labute approximate surface area is 150 Å². The smallest absolute Gasteiger partial charge is 0.255 e. The Hall–Kier alpha value is -1.00. The molecule has 1 N–H and O–H groups in total. The molecule has 1 heterocycles. The van der Waals surface area contributed by atoms with Crippen molar-refractivity contribution in [3.8, 4) is 0 Å². The van der Waals surface area contributed by atoms with Crippen LogP contribution in [-0.2, 0) is 19.5 Å². The Morgan fingerprint density at radius 1 is 1.50 bits per heavy atom. The standard InChI is InChI=1S/C15H21BrN2O5S/c1-11-10-18(6-8-23-11)15(19)13-9-12(3-4-14(13)16)24(20,21)17-5-7-22-2/h3-4,9,11,17H,5-8,10H2,1-2H3/t11-/m0/s1. The molecular weight excluding hydrogens is 400 g/mol. The van der Waals surface area contributed by atoms with Gasteiger partial charge in [0.1, 0.15) is 0 Å². The average molecular weight is 421 g/mol. The Bertz CT molecular complexity index is 695. The fourth-order valence-corrected chi connectivity index (χ4v) is 3.83. The van der Waals surface area contributed by atoms with E-state index in [0.29, 0.717) is 29.7 Å². The average Bonchev–Trinajstić information content (AvgIpc) is 2.54. The number of nitrogens with zero attached hydrogens (tertiary/aromatic N) is 1. The third kappa shape index (κ3) is 4.76. The molecule has 1 amide bonds. The summed E-state index contributed by atoms with van der Waals surface area (Å²) in [5.74, 6) is -0.217. The predicted octanol–water partition coefficient (Wildman–Crippen LogP) is 1.23. The highest BCUT2D eigenvalue weighted by Crippen LogP contribution is 2.23. The number of methoxy groups -OCH3 is 1. The van der Waals surface area contributed by atoms with Crippen molar-refractivity contribution < 1.29 is 22.7 Å². The van der Waals surface area contributed by atoms with Crippen LogP contribution in [0.3, 0.4) is 0 Å². The largest absolute Gasteiger partial charge is 0.383 e. The summed E-state index contributed by atoms with van der Waals surface area (Å²) >= 11 is 3.33. The number of morpholine rings is 1. The van der Waals surface area contributed by atoms with Gasteiger partial charge in [0, 0.05) is 31.2 Å². The van der Waals surface area contributed by atoms with Gasteiger partial charge in [0.15, 0.2) is 0 Å². The first-order valence-corrected chi connectivity index (χ1v) is 9.82. The Morgan fingerprint density at radius 3 is 2.92 bits per heavy atom. The lowest BCUT2D eigenvalue weighted by atomic mass is 10.2. The van der Waals surface area contributed by atoms with Crippen LogP contribution in [0.4, 0.5) is 0 Å². The molecule has 0 unspecified atom stereocenters. The zero-order valence-electron chi connectivity index (χ0n) is 13.6. The molecule has 0 bridgehead atoms. The van der Waals surface area contributed by atoms with Crippen molar-refractivity contribution in [1.82, 2.24) is 9.62 Å². The summed E-state index contributed by atoms with van der Waals surface area (Å²) in [7, 11) is -2.20. The van der Waals surface area contributed by atoms with Crippen LogP contribution in [0.2, 0.25) is 0 Å². The first-order chi connectivity index (χ1) is 11.3. The molecule has 9 heteroatoms. The molecule has 1 saturated heterocycles. The second kappa shape index (κ2) is 8.39. The van der Waals surface area contributed by atoms with Crippen molar-refractivity contribution >= 4 is 31.9 Å². The first-order valence-electron chi connectivity index (χ1n) is 7.54. The number of carbonyl (C=O) groups excluding carboxylic acids is 1. The Kier molecular flexibility index (Phi) is 6.76. The van der Waals surface area contributed by atoms with Crippen molar-refractivity contribution in [2.75, 3.05) is 40.0 Å². The van der Waals surface area contributed by atoms with Crippen LogP contribution in [0.15, 0.2) is 27.6 Å². The van der Waals surface area contributed by atoms with E-state index in [1.807, 2.05) is 6.92 Å². The van der Waals surface area contributed by atoms with E-state index in [0.717, 1.165) is 0 Å². The lowest BCUT2D eigenvalue weighted by Crippen LogP contribution is -2.44. The van der Waals surface area contributed by atoms with Gasteiger partial charge in [-0.3, -0.25) is 4.79 Å². The van der Waals surface area contributed by atoms with Crippen LogP contribution < -0.4 is 4.72 Å². The molecule has 7 nitrogen and oxygen atoms in total. The minimum Gasteiger partial charge on any atom is -0.383 e. The van der Waals surface area contributed by atoms with Gasteiger partial charge in [-0.25, -0.2) is 13.1 Å². The van der Waals surface area contributed by atoms with Crippen LogP contribution in [0.25, 0.3) is 0 Å². The molecule has 0 aliphatic carbocycles. The molecule has 1 fully saturated rings. The van der Waals surface area contributed by atoms with Crippen LogP contribution in [0, 0.1) is 0 Å². The highest BCUT2D eigenvalue weighted by atomic mass is 79.9. The second-order valence-corrected chi connectivity index (χ2v) is 8.09. The molecule has 134 valence electrons. The van der Waals surface area contributed by atoms with Gasteiger partial charge in [-0.1, -0.05) is 0 Å². The SMILES string of the molecule is COCCNS(=O)(=O)c1ccc(Br)c(C(=O)N2CCO[C@@H](C)C2)c1. The molecule has 0 spiro atoms. The van der Waals surface area contributed by atoms with E-state index in [9.17, 15) is 13.2 Å². The summed E-state index contributed by atoms with van der Waals surface area (Å²) < 4.78 is 37.9. The molecule has 1 aliphatic rings. The van der Waals surface area contributed by atoms with Gasteiger partial charge in [0.25, 0.3) is 5.91 Å². The van der Waals surface area contributed by atoms with E-state index in [2.05, 4.69) is 20.7 Å². The van der Waals surface area contributed by atoms with Crippen molar-refractivity contribution in [2.45, 2.75) is 17.9 Å². The summed E-state index contributed by atoms with van der Waals surface area (Å²) in [6, 6.07) is 4.42. The van der Waals surface area contributed by atoms with Crippen molar-refractivity contribution in [3.05, 3.63) is 28.2 Å². The zero-order chi connectivity index (χ0) is 17.7. The molecule has 0 aromatic heterocycles. The van der Waals surface area contributed by atoms with Crippen LogP contribution in [0.5, 0.6) is 0 Å². The number of nitrogens with one attached hydrogen (secondary N) is 1. The summed E-state index contributed by atoms with van der Waals surface area (Å²) in [5, 5.41) is 0. The third-order valence-corrected chi connectivity index (χ3v) is 5.76. The summed E-state index contributed by atoms with van der Waals surface area (Å²) in [6.07, 6.45) is -0.0379. The molecule has 1 aromatic carbocycles. The lowest BCUT2D eigenvalue weighted by Gasteiger charge is -2.31. The zero-order valence-corrected chi connectivity index (χ0v) is 16.0. The summed E-state index contributed by atoms with van der Waals surface area (Å²) in [4.78, 5) is 14.4. The second-order valence-electron chi connectivity index (χ2n) is 5.46. The van der Waals surface area contributed by atoms with Crippen molar-refractivity contribution in [3.63, 3.8) is 0 Å². The number of sulfonamides is 1. The topological polar surface area (TPSA) is 84.9 Å². The van der Waals surface area contributed by atoms with E-state index >= 15 is 0 Å². The van der Waals surface area contributed by atoms with Crippen LogP contribution >= 0.6 is 15.9 Å². The normalized spacial score (nSPS) is 18.6. The minimum absolute atomic E-state index is 0.0379. The first kappa shape index (κ1) is 19.3. The summed E-state index contributed by atoms with van der Waals surface area (Å²) in [6.45, 7) is 3.77. The molecule has 24 heavy (non-hydrogen) atoms. The van der Waals surface area contributed by atoms with Gasteiger partial charge >= 0.3 is 0 Å². The van der Waals surface area contributed by atoms with Gasteiger partial charge in [0.2, 0.25) is 10.0 Å². The maximum atomic E-state index is 12.7. The number of amides is 1. The predicted molar refractivity (Wildman–Crippen MR) is 92.5 cm³/mol. The number of ether oxygens (including phenoxy) is 2. The molecule has 0 saturated carbocycles. The van der Waals surface area contributed by atoms with E-state index in [4.69, 9.17) is 9.47 Å². The fourth-order valence-electron chi connectivity index (χ4n) is 2.37. The minimum atomic E-state index is -3.69. The van der Waals surface area contributed by atoms with Gasteiger partial charge in [0.05, 0.1) is 29.8 Å². The van der Waals surface area contributed by atoms with Gasteiger partial charge in [-0.05, 0) is 41.1 Å². The number of halogens is 1. The quantitative estimate of drug-likeness (QED) is 0.699. The van der Waals surface area contributed by atoms with Crippen LogP contribution in [-0.4, -0.2) is 65.3 Å². The number of rotatable bonds is 6. The van der Waals surface area contributed by atoms with E-state index in [1.165, 1.54) is 19.2 Å². The number of hydrogen-bond donors (Lipinski definition) is 1. The van der Waals surface area contributed by atoms with E-state index in [-0.39, 0.29) is 30.1 Å². The van der Waals surface area contributed by atoms with Crippen molar-refractivity contribution in [2.24, 2.45) is 0 Å². The highest BCUT2D eigenvalue weighted by Gasteiger charge is 2.25. The molecule has 1 aromatic rings. The molecule has 2 rings (SSSR count). The maximum Gasteiger partial charge on any atom is 0.255 e. The molecular formula is C15H21BrN2O5S. The Balaban J connectivity index is 2.23. The van der Waals surface area contributed by atoms with Crippen molar-refractivity contribution in [1.29, 1.82) is 0 Å². The monoisotopic (exact) mass is 420 g/mol. The fraction of sp³-hybridized carbons (Fsp3) is 0.533. The third-order valence-electron chi connectivity index (χ3n) is 3.61. The van der Waals surface area contributed by atoms with Gasteiger partial charge in [-0.15, -0.1) is 0 Å². The number of carbonyl (C=O) groups is 1. The lowest BCUT2D eigenvalue weighted by molar-refractivity contribution is -0.0124. The number of benzene rings is 1. The van der Waals surface area contributed by atoms with E-state index in [1.54, 1.807) is 11.0 Å². The molecule has 1 aliphatic heterocycles. The highest BCUT2D eigenvalue weighted by molar-refractivity contribution is 9.10. The molecule has 1 atom stereocenters.